The third kappa shape index (κ3) is 4.62. The van der Waals surface area contributed by atoms with E-state index in [1.807, 2.05) is 6.92 Å². The predicted molar refractivity (Wildman–Crippen MR) is 82.7 cm³/mol. The Morgan fingerprint density at radius 2 is 2.08 bits per heavy atom. The van der Waals surface area contributed by atoms with E-state index in [0.717, 1.165) is 17.0 Å². The number of rotatable bonds is 4. The maximum absolute atomic E-state index is 12.8. The molecule has 9 heteroatoms. The van der Waals surface area contributed by atoms with Crippen LogP contribution in [0.25, 0.3) is 0 Å². The van der Waals surface area contributed by atoms with Crippen molar-refractivity contribution in [2.75, 3.05) is 11.6 Å². The number of nitrogens with one attached hydrogen (secondary N) is 1. The summed E-state index contributed by atoms with van der Waals surface area (Å²) >= 11 is 0. The molecule has 2 amide bonds. The zero-order valence-electron chi connectivity index (χ0n) is 14.0. The van der Waals surface area contributed by atoms with E-state index >= 15 is 0 Å². The van der Waals surface area contributed by atoms with Gasteiger partial charge in [-0.05, 0) is 38.5 Å². The first-order valence-corrected chi connectivity index (χ1v) is 7.62. The van der Waals surface area contributed by atoms with Gasteiger partial charge in [-0.1, -0.05) is 13.0 Å². The number of alkyl carbamates (subject to hydrolysis) is 1. The summed E-state index contributed by atoms with van der Waals surface area (Å²) in [7, 11) is 0. The molecule has 0 radical (unpaired) electrons. The van der Waals surface area contributed by atoms with Gasteiger partial charge in [0.15, 0.2) is 0 Å². The Bertz CT molecular complexity index is 661. The second-order valence-corrected chi connectivity index (χ2v) is 6.21. The highest BCUT2D eigenvalue weighted by Gasteiger charge is 2.38. The van der Waals surface area contributed by atoms with Crippen LogP contribution >= 0.6 is 0 Å². The molecule has 0 aliphatic carbocycles. The number of amides is 2. The molecule has 0 spiro atoms. The molecular formula is C16H19F3N2O4. The normalized spacial score (nSPS) is 18.4. The van der Waals surface area contributed by atoms with Gasteiger partial charge < -0.3 is 14.8 Å². The topological polar surface area (TPSA) is 67.9 Å². The standard InChI is InChI=1S/C16H19F3N2O4/c1-4-15(2,3)20-14(23)25-13-12(22)21(9-24-13)11-7-5-6-10(8-11)16(17,18)19/h5-8,13H,4,9H2,1-3H3,(H,20,23). The highest BCUT2D eigenvalue weighted by molar-refractivity contribution is 5.98. The zero-order valence-corrected chi connectivity index (χ0v) is 14.0. The maximum atomic E-state index is 12.8. The second-order valence-electron chi connectivity index (χ2n) is 6.21. The van der Waals surface area contributed by atoms with E-state index in [2.05, 4.69) is 5.32 Å². The van der Waals surface area contributed by atoms with Gasteiger partial charge in [0.05, 0.1) is 5.56 Å². The molecule has 6 nitrogen and oxygen atoms in total. The van der Waals surface area contributed by atoms with Gasteiger partial charge in [0.1, 0.15) is 6.73 Å². The van der Waals surface area contributed by atoms with Crippen LogP contribution in [0.5, 0.6) is 0 Å². The van der Waals surface area contributed by atoms with E-state index in [-0.39, 0.29) is 12.4 Å². The molecule has 1 atom stereocenters. The molecule has 2 rings (SSSR count). The number of alkyl halides is 3. The number of halogens is 3. The summed E-state index contributed by atoms with van der Waals surface area (Å²) in [5, 5.41) is 2.58. The Labute approximate surface area is 142 Å². The largest absolute Gasteiger partial charge is 0.416 e. The molecule has 138 valence electrons. The number of benzene rings is 1. The highest BCUT2D eigenvalue weighted by Crippen LogP contribution is 2.32. The molecule has 1 N–H and O–H groups in total. The lowest BCUT2D eigenvalue weighted by atomic mass is 10.0. The van der Waals surface area contributed by atoms with Crippen molar-refractivity contribution in [2.24, 2.45) is 0 Å². The minimum Gasteiger partial charge on any atom is -0.410 e. The first-order valence-electron chi connectivity index (χ1n) is 7.62. The summed E-state index contributed by atoms with van der Waals surface area (Å²) in [5.41, 5.74) is -1.40. The predicted octanol–water partition coefficient (Wildman–Crippen LogP) is 3.27. The van der Waals surface area contributed by atoms with E-state index in [9.17, 15) is 22.8 Å². The molecule has 0 aromatic heterocycles. The smallest absolute Gasteiger partial charge is 0.410 e. The van der Waals surface area contributed by atoms with Crippen LogP contribution in [0.3, 0.4) is 0 Å². The fourth-order valence-corrected chi connectivity index (χ4v) is 2.03. The average molecular weight is 360 g/mol. The van der Waals surface area contributed by atoms with Crippen molar-refractivity contribution in [3.05, 3.63) is 29.8 Å². The van der Waals surface area contributed by atoms with Crippen LogP contribution in [0.1, 0.15) is 32.8 Å². The van der Waals surface area contributed by atoms with Crippen LogP contribution in [0.4, 0.5) is 23.7 Å². The van der Waals surface area contributed by atoms with Crippen LogP contribution in [0.2, 0.25) is 0 Å². The first-order chi connectivity index (χ1) is 11.5. The Hall–Kier alpha value is -2.29. The first kappa shape index (κ1) is 19.0. The fraction of sp³-hybridized carbons (Fsp3) is 0.500. The SMILES string of the molecule is CCC(C)(C)NC(=O)OC1OCN(c2cccc(C(F)(F)F)c2)C1=O. The van der Waals surface area contributed by atoms with E-state index in [1.165, 1.54) is 12.1 Å². The van der Waals surface area contributed by atoms with Gasteiger partial charge in [0.2, 0.25) is 0 Å². The number of carbonyl (C=O) groups excluding carboxylic acids is 2. The lowest BCUT2D eigenvalue weighted by Crippen LogP contribution is -2.45. The van der Waals surface area contributed by atoms with Crippen LogP contribution in [0, 0.1) is 0 Å². The van der Waals surface area contributed by atoms with Crippen molar-refractivity contribution in [2.45, 2.75) is 45.2 Å². The third-order valence-corrected chi connectivity index (χ3v) is 3.85. The quantitative estimate of drug-likeness (QED) is 0.895. The Morgan fingerprint density at radius 1 is 1.40 bits per heavy atom. The molecule has 1 heterocycles. The molecule has 1 aliphatic heterocycles. The van der Waals surface area contributed by atoms with Gasteiger partial charge >= 0.3 is 12.3 Å². The van der Waals surface area contributed by atoms with Crippen molar-refractivity contribution in [1.82, 2.24) is 5.32 Å². The molecule has 1 aliphatic rings. The van der Waals surface area contributed by atoms with Crippen LogP contribution < -0.4 is 10.2 Å². The van der Waals surface area contributed by atoms with Crippen molar-refractivity contribution >= 4 is 17.7 Å². The van der Waals surface area contributed by atoms with Crippen LogP contribution in [-0.4, -0.2) is 30.6 Å². The molecule has 1 aromatic carbocycles. The Kier molecular flexibility index (Phi) is 5.26. The van der Waals surface area contributed by atoms with E-state index < -0.39 is 35.6 Å². The van der Waals surface area contributed by atoms with Gasteiger partial charge in [-0.3, -0.25) is 9.69 Å². The van der Waals surface area contributed by atoms with E-state index in [0.29, 0.717) is 6.42 Å². The lowest BCUT2D eigenvalue weighted by molar-refractivity contribution is -0.140. The summed E-state index contributed by atoms with van der Waals surface area (Å²) in [5.74, 6) is -0.747. The Balaban J connectivity index is 2.06. The molecule has 0 bridgehead atoms. The van der Waals surface area contributed by atoms with Crippen molar-refractivity contribution in [3.63, 3.8) is 0 Å². The minimum absolute atomic E-state index is 0.0141. The molecule has 1 fully saturated rings. The molecule has 1 saturated heterocycles. The molecule has 1 aromatic rings. The van der Waals surface area contributed by atoms with Crippen LogP contribution in [0.15, 0.2) is 24.3 Å². The van der Waals surface area contributed by atoms with Crippen molar-refractivity contribution in [3.8, 4) is 0 Å². The summed E-state index contributed by atoms with van der Waals surface area (Å²) in [6.07, 6.45) is -6.22. The van der Waals surface area contributed by atoms with Gasteiger partial charge in [0, 0.05) is 11.2 Å². The highest BCUT2D eigenvalue weighted by atomic mass is 19.4. The van der Waals surface area contributed by atoms with Gasteiger partial charge in [-0.25, -0.2) is 4.79 Å². The van der Waals surface area contributed by atoms with E-state index in [4.69, 9.17) is 9.47 Å². The third-order valence-electron chi connectivity index (χ3n) is 3.85. The van der Waals surface area contributed by atoms with Gasteiger partial charge in [0.25, 0.3) is 12.2 Å². The molecule has 25 heavy (non-hydrogen) atoms. The summed E-state index contributed by atoms with van der Waals surface area (Å²) in [4.78, 5) is 25.1. The van der Waals surface area contributed by atoms with Gasteiger partial charge in [-0.15, -0.1) is 0 Å². The number of nitrogens with zero attached hydrogens (tertiary/aromatic N) is 1. The molecular weight excluding hydrogens is 341 g/mol. The zero-order chi connectivity index (χ0) is 18.8. The summed E-state index contributed by atoms with van der Waals surface area (Å²) < 4.78 is 48.4. The average Bonchev–Trinajstić information content (AvgIpc) is 2.87. The molecule has 0 saturated carbocycles. The number of ether oxygens (including phenoxy) is 2. The summed E-state index contributed by atoms with van der Waals surface area (Å²) in [6.45, 7) is 5.11. The summed E-state index contributed by atoms with van der Waals surface area (Å²) in [6, 6.07) is 4.28. The minimum atomic E-state index is -4.53. The molecule has 1 unspecified atom stereocenters. The van der Waals surface area contributed by atoms with Crippen molar-refractivity contribution in [1.29, 1.82) is 0 Å². The monoisotopic (exact) mass is 360 g/mol. The Morgan fingerprint density at radius 3 is 2.68 bits per heavy atom. The number of hydrogen-bond acceptors (Lipinski definition) is 4. The van der Waals surface area contributed by atoms with E-state index in [1.54, 1.807) is 13.8 Å². The van der Waals surface area contributed by atoms with Crippen molar-refractivity contribution < 1.29 is 32.2 Å². The second kappa shape index (κ2) is 6.91. The van der Waals surface area contributed by atoms with Gasteiger partial charge in [-0.2, -0.15) is 13.2 Å². The number of carbonyl (C=O) groups is 2. The van der Waals surface area contributed by atoms with Crippen LogP contribution in [-0.2, 0) is 20.4 Å². The lowest BCUT2D eigenvalue weighted by Gasteiger charge is -2.24. The maximum Gasteiger partial charge on any atom is 0.416 e. The number of hydrogen-bond donors (Lipinski definition) is 1. The number of anilines is 1. The fourth-order valence-electron chi connectivity index (χ4n) is 2.03.